The Morgan fingerprint density at radius 2 is 2.22 bits per heavy atom. The molecule has 2 N–H and O–H groups in total. The number of nitrogen functional groups attached to an aromatic ring is 1. The lowest BCUT2D eigenvalue weighted by molar-refractivity contribution is 0.420. The van der Waals surface area contributed by atoms with Crippen LogP contribution in [0.2, 0.25) is 0 Å². The van der Waals surface area contributed by atoms with Gasteiger partial charge in [0.05, 0.1) is 28.6 Å². The number of ether oxygens (including phenoxy) is 1. The molecule has 0 atom stereocenters. The Morgan fingerprint density at radius 3 is 2.89 bits per heavy atom. The van der Waals surface area contributed by atoms with Crippen LogP contribution in [0.25, 0.3) is 20.7 Å². The van der Waals surface area contributed by atoms with E-state index in [1.807, 2.05) is 19.2 Å². The highest BCUT2D eigenvalue weighted by Gasteiger charge is 2.13. The van der Waals surface area contributed by atoms with Gasteiger partial charge in [-0.05, 0) is 17.5 Å². The topological polar surface area (TPSA) is 53.1 Å². The summed E-state index contributed by atoms with van der Waals surface area (Å²) < 4.78 is 8.31. The third-order valence-corrected chi connectivity index (χ3v) is 4.10. The van der Waals surface area contributed by atoms with E-state index in [0.717, 1.165) is 26.4 Å². The second-order valence-corrected chi connectivity index (χ2v) is 5.11. The Morgan fingerprint density at radius 1 is 1.39 bits per heavy atom. The van der Waals surface area contributed by atoms with Crippen molar-refractivity contribution in [2.45, 2.75) is 0 Å². The van der Waals surface area contributed by atoms with E-state index in [4.69, 9.17) is 10.5 Å². The molecule has 0 radical (unpaired) electrons. The lowest BCUT2D eigenvalue weighted by Gasteiger charge is -2.00. The summed E-state index contributed by atoms with van der Waals surface area (Å²) in [6.45, 7) is 0. The van der Waals surface area contributed by atoms with E-state index in [1.165, 1.54) is 0 Å². The van der Waals surface area contributed by atoms with Gasteiger partial charge >= 0.3 is 0 Å². The predicted molar refractivity (Wildman–Crippen MR) is 75.0 cm³/mol. The maximum Gasteiger partial charge on any atom is 0.136 e. The Labute approximate surface area is 109 Å². The average Bonchev–Trinajstić information content (AvgIpc) is 2.92. The van der Waals surface area contributed by atoms with Crippen LogP contribution in [0.1, 0.15) is 0 Å². The molecule has 2 aromatic heterocycles. The number of anilines is 1. The Kier molecular flexibility index (Phi) is 2.48. The normalized spacial score (nSPS) is 11.0. The van der Waals surface area contributed by atoms with Crippen LogP contribution in [0, 0.1) is 0 Å². The summed E-state index contributed by atoms with van der Waals surface area (Å²) in [7, 11) is 3.58. The van der Waals surface area contributed by atoms with E-state index in [2.05, 4.69) is 17.2 Å². The number of rotatable bonds is 2. The minimum Gasteiger partial charge on any atom is -0.495 e. The molecule has 0 unspecified atom stereocenters. The number of nitrogens with two attached hydrogens (primary N) is 1. The first-order valence-corrected chi connectivity index (χ1v) is 6.36. The standard InChI is InChI=1S/C13H13N3OS/c1-16-12(9(14)7-15-16)11-6-8-4-3-5-10(17-2)13(8)18-11/h3-7H,14H2,1-2H3. The minimum absolute atomic E-state index is 0.697. The van der Waals surface area contributed by atoms with Crippen molar-refractivity contribution in [2.24, 2.45) is 7.05 Å². The van der Waals surface area contributed by atoms with Gasteiger partial charge in [0.1, 0.15) is 11.4 Å². The van der Waals surface area contributed by atoms with E-state index in [9.17, 15) is 0 Å². The van der Waals surface area contributed by atoms with Crippen molar-refractivity contribution in [3.8, 4) is 16.3 Å². The van der Waals surface area contributed by atoms with Gasteiger partial charge in [0.25, 0.3) is 0 Å². The van der Waals surface area contributed by atoms with Crippen LogP contribution in [0.3, 0.4) is 0 Å². The summed E-state index contributed by atoms with van der Waals surface area (Å²) in [5.74, 6) is 0.893. The lowest BCUT2D eigenvalue weighted by atomic mass is 10.2. The highest BCUT2D eigenvalue weighted by Crippen LogP contribution is 2.39. The summed E-state index contributed by atoms with van der Waals surface area (Å²) in [6, 6.07) is 8.15. The molecule has 0 saturated heterocycles. The number of hydrogen-bond acceptors (Lipinski definition) is 4. The first kappa shape index (κ1) is 11.1. The van der Waals surface area contributed by atoms with Gasteiger partial charge in [0, 0.05) is 7.05 Å². The fourth-order valence-electron chi connectivity index (χ4n) is 2.07. The third-order valence-electron chi connectivity index (χ3n) is 2.93. The van der Waals surface area contributed by atoms with Gasteiger partial charge in [-0.25, -0.2) is 0 Å². The maximum atomic E-state index is 5.96. The number of thiophene rings is 1. The molecule has 0 aliphatic rings. The molecule has 3 aromatic rings. The van der Waals surface area contributed by atoms with E-state index in [1.54, 1.807) is 29.3 Å². The predicted octanol–water partition coefficient (Wildman–Crippen LogP) is 2.89. The van der Waals surface area contributed by atoms with Crippen molar-refractivity contribution < 1.29 is 4.74 Å². The number of fused-ring (bicyclic) bond motifs is 1. The Balaban J connectivity index is 2.26. The highest BCUT2D eigenvalue weighted by atomic mass is 32.1. The van der Waals surface area contributed by atoms with Crippen molar-refractivity contribution in [3.05, 3.63) is 30.5 Å². The molecule has 0 saturated carbocycles. The van der Waals surface area contributed by atoms with Gasteiger partial charge in [0.2, 0.25) is 0 Å². The van der Waals surface area contributed by atoms with Gasteiger partial charge in [-0.1, -0.05) is 12.1 Å². The van der Waals surface area contributed by atoms with Crippen LogP contribution in [-0.2, 0) is 7.05 Å². The zero-order valence-corrected chi connectivity index (χ0v) is 11.0. The molecular weight excluding hydrogens is 246 g/mol. The molecule has 2 heterocycles. The van der Waals surface area contributed by atoms with Gasteiger partial charge < -0.3 is 10.5 Å². The zero-order valence-electron chi connectivity index (χ0n) is 10.2. The molecule has 18 heavy (non-hydrogen) atoms. The van der Waals surface area contributed by atoms with Crippen molar-refractivity contribution in [1.82, 2.24) is 9.78 Å². The van der Waals surface area contributed by atoms with Gasteiger partial charge in [-0.15, -0.1) is 11.3 Å². The number of nitrogens with zero attached hydrogens (tertiary/aromatic N) is 2. The molecule has 3 rings (SSSR count). The van der Waals surface area contributed by atoms with E-state index < -0.39 is 0 Å². The number of methoxy groups -OCH3 is 1. The van der Waals surface area contributed by atoms with Gasteiger partial charge in [-0.2, -0.15) is 5.10 Å². The van der Waals surface area contributed by atoms with Crippen LogP contribution < -0.4 is 10.5 Å². The van der Waals surface area contributed by atoms with E-state index in [-0.39, 0.29) is 0 Å². The molecule has 0 aliphatic carbocycles. The van der Waals surface area contributed by atoms with Crippen LogP contribution >= 0.6 is 11.3 Å². The summed E-state index contributed by atoms with van der Waals surface area (Å²) >= 11 is 1.67. The van der Waals surface area contributed by atoms with Crippen molar-refractivity contribution in [2.75, 3.05) is 12.8 Å². The van der Waals surface area contributed by atoms with Crippen LogP contribution in [0.15, 0.2) is 30.5 Å². The second-order valence-electron chi connectivity index (χ2n) is 4.06. The monoisotopic (exact) mass is 259 g/mol. The molecule has 5 heteroatoms. The molecule has 0 spiro atoms. The fraction of sp³-hybridized carbons (Fsp3) is 0.154. The summed E-state index contributed by atoms with van der Waals surface area (Å²) in [5.41, 5.74) is 7.61. The quantitative estimate of drug-likeness (QED) is 0.770. The fourth-order valence-corrected chi connectivity index (χ4v) is 3.32. The molecule has 1 aromatic carbocycles. The van der Waals surface area contributed by atoms with Crippen molar-refractivity contribution in [1.29, 1.82) is 0 Å². The van der Waals surface area contributed by atoms with Crippen molar-refractivity contribution >= 4 is 27.1 Å². The largest absolute Gasteiger partial charge is 0.495 e. The number of aryl methyl sites for hydroxylation is 1. The van der Waals surface area contributed by atoms with Crippen LogP contribution in [-0.4, -0.2) is 16.9 Å². The van der Waals surface area contributed by atoms with E-state index in [0.29, 0.717) is 5.69 Å². The molecule has 0 aliphatic heterocycles. The summed E-state index contributed by atoms with van der Waals surface area (Å²) in [5, 5.41) is 5.33. The smallest absolute Gasteiger partial charge is 0.136 e. The zero-order chi connectivity index (χ0) is 12.7. The van der Waals surface area contributed by atoms with Crippen LogP contribution in [0.4, 0.5) is 5.69 Å². The van der Waals surface area contributed by atoms with E-state index >= 15 is 0 Å². The third kappa shape index (κ3) is 1.55. The highest BCUT2D eigenvalue weighted by molar-refractivity contribution is 7.22. The second kappa shape index (κ2) is 4.03. The summed E-state index contributed by atoms with van der Waals surface area (Å²) in [4.78, 5) is 1.10. The minimum atomic E-state index is 0.697. The average molecular weight is 259 g/mol. The van der Waals surface area contributed by atoms with Gasteiger partial charge in [0.15, 0.2) is 0 Å². The maximum absolute atomic E-state index is 5.96. The number of benzene rings is 1. The summed E-state index contributed by atoms with van der Waals surface area (Å²) in [6.07, 6.45) is 1.68. The molecule has 0 bridgehead atoms. The van der Waals surface area contributed by atoms with Crippen LogP contribution in [0.5, 0.6) is 5.75 Å². The SMILES string of the molecule is COc1cccc2cc(-c3c(N)cnn3C)sc12. The first-order valence-electron chi connectivity index (χ1n) is 5.55. The number of hydrogen-bond donors (Lipinski definition) is 1. The molecule has 4 nitrogen and oxygen atoms in total. The number of aromatic nitrogens is 2. The molecule has 0 amide bonds. The Hall–Kier alpha value is -2.01. The molecule has 0 fully saturated rings. The first-order chi connectivity index (χ1) is 8.70. The Bertz CT molecular complexity index is 695. The van der Waals surface area contributed by atoms with Crippen molar-refractivity contribution in [3.63, 3.8) is 0 Å². The molecule has 92 valence electrons. The lowest BCUT2D eigenvalue weighted by Crippen LogP contribution is -1.93. The molecular formula is C13H13N3OS. The van der Waals surface area contributed by atoms with Gasteiger partial charge in [-0.3, -0.25) is 4.68 Å².